The average Bonchev–Trinajstić information content (AvgIpc) is 2.45. The number of hydrogen-bond acceptors (Lipinski definition) is 3. The van der Waals surface area contributed by atoms with Crippen LogP contribution in [-0.4, -0.2) is 43.5 Å². The van der Waals surface area contributed by atoms with Gasteiger partial charge in [-0.2, -0.15) is 0 Å². The highest BCUT2D eigenvalue weighted by Gasteiger charge is 2.19. The van der Waals surface area contributed by atoms with E-state index in [1.807, 2.05) is 31.3 Å². The van der Waals surface area contributed by atoms with Crippen molar-refractivity contribution in [2.24, 2.45) is 0 Å². The molecule has 0 bridgehead atoms. The van der Waals surface area contributed by atoms with Crippen LogP contribution < -0.4 is 10.6 Å². The number of carbonyl (C=O) groups excluding carboxylic acids is 1. The summed E-state index contributed by atoms with van der Waals surface area (Å²) in [5, 5.41) is 6.93. The Bertz CT molecular complexity index is 456. The van der Waals surface area contributed by atoms with Gasteiger partial charge in [0.25, 0.3) is 0 Å². The highest BCUT2D eigenvalue weighted by molar-refractivity contribution is 6.30. The van der Waals surface area contributed by atoms with Gasteiger partial charge < -0.3 is 10.6 Å². The average molecular weight is 332 g/mol. The van der Waals surface area contributed by atoms with Gasteiger partial charge in [0.05, 0.1) is 6.54 Å². The lowest BCUT2D eigenvalue weighted by molar-refractivity contribution is -0.122. The lowest BCUT2D eigenvalue weighted by atomic mass is 10.1. The van der Waals surface area contributed by atoms with Crippen LogP contribution in [0.25, 0.3) is 0 Å². The van der Waals surface area contributed by atoms with Crippen LogP contribution in [0.5, 0.6) is 0 Å². The number of likely N-dealkylation sites (tertiary alicyclic amines) is 1. The maximum Gasteiger partial charge on any atom is 0.234 e. The summed E-state index contributed by atoms with van der Waals surface area (Å²) in [7, 11) is 1.98. The standard InChI is InChI=1S/C15H22ClN3O.ClH/c1-17-14-6-3-7-19(10-14)11-15(20)18-9-12-4-2-5-13(16)8-12;/h2,4-5,8,14,17H,3,6-7,9-11H2,1H3,(H,18,20);1H. The summed E-state index contributed by atoms with van der Waals surface area (Å²) >= 11 is 5.92. The molecule has 1 aliphatic rings. The zero-order valence-electron chi connectivity index (χ0n) is 12.3. The van der Waals surface area contributed by atoms with Gasteiger partial charge in [0.1, 0.15) is 0 Å². The fourth-order valence-corrected chi connectivity index (χ4v) is 2.75. The number of piperidine rings is 1. The first kappa shape index (κ1) is 18.2. The maximum atomic E-state index is 12.0. The highest BCUT2D eigenvalue weighted by atomic mass is 35.5. The van der Waals surface area contributed by atoms with Crippen molar-refractivity contribution in [1.29, 1.82) is 0 Å². The van der Waals surface area contributed by atoms with Gasteiger partial charge in [0.15, 0.2) is 0 Å². The minimum atomic E-state index is 0. The van der Waals surface area contributed by atoms with Crippen LogP contribution >= 0.6 is 24.0 Å². The Morgan fingerprint density at radius 2 is 2.29 bits per heavy atom. The zero-order valence-corrected chi connectivity index (χ0v) is 13.8. The van der Waals surface area contributed by atoms with Gasteiger partial charge in [-0.25, -0.2) is 0 Å². The minimum absolute atomic E-state index is 0. The highest BCUT2D eigenvalue weighted by Crippen LogP contribution is 2.11. The Hall–Kier alpha value is -0.810. The molecule has 1 aromatic carbocycles. The van der Waals surface area contributed by atoms with Gasteiger partial charge in [-0.05, 0) is 44.1 Å². The van der Waals surface area contributed by atoms with E-state index in [2.05, 4.69) is 15.5 Å². The van der Waals surface area contributed by atoms with Crippen LogP contribution in [0.2, 0.25) is 5.02 Å². The largest absolute Gasteiger partial charge is 0.351 e. The molecule has 1 atom stereocenters. The first-order valence-corrected chi connectivity index (χ1v) is 7.46. The van der Waals surface area contributed by atoms with Gasteiger partial charge in [0, 0.05) is 24.2 Å². The molecule has 1 aromatic rings. The molecule has 0 radical (unpaired) electrons. The molecule has 1 amide bonds. The number of nitrogens with zero attached hydrogens (tertiary/aromatic N) is 1. The third-order valence-electron chi connectivity index (χ3n) is 3.66. The molecule has 21 heavy (non-hydrogen) atoms. The van der Waals surface area contributed by atoms with Crippen LogP contribution in [0, 0.1) is 0 Å². The summed E-state index contributed by atoms with van der Waals surface area (Å²) in [4.78, 5) is 14.2. The Kier molecular flexibility index (Phi) is 8.04. The van der Waals surface area contributed by atoms with Gasteiger partial charge in [-0.3, -0.25) is 9.69 Å². The lowest BCUT2D eigenvalue weighted by Crippen LogP contribution is -2.47. The van der Waals surface area contributed by atoms with Gasteiger partial charge in [-0.15, -0.1) is 12.4 Å². The molecular formula is C15H23Cl2N3O. The molecule has 118 valence electrons. The predicted molar refractivity (Wildman–Crippen MR) is 89.1 cm³/mol. The second-order valence-electron chi connectivity index (χ2n) is 5.27. The van der Waals surface area contributed by atoms with Crippen molar-refractivity contribution in [3.8, 4) is 0 Å². The first-order valence-electron chi connectivity index (χ1n) is 7.08. The second kappa shape index (κ2) is 9.26. The van der Waals surface area contributed by atoms with E-state index in [0.717, 1.165) is 25.1 Å². The second-order valence-corrected chi connectivity index (χ2v) is 5.71. The van der Waals surface area contributed by atoms with Crippen molar-refractivity contribution < 1.29 is 4.79 Å². The Labute approximate surface area is 137 Å². The summed E-state index contributed by atoms with van der Waals surface area (Å²) in [5.41, 5.74) is 1.03. The zero-order chi connectivity index (χ0) is 14.4. The van der Waals surface area contributed by atoms with E-state index in [1.165, 1.54) is 6.42 Å². The van der Waals surface area contributed by atoms with Crippen molar-refractivity contribution in [1.82, 2.24) is 15.5 Å². The topological polar surface area (TPSA) is 44.4 Å². The number of nitrogens with one attached hydrogen (secondary N) is 2. The lowest BCUT2D eigenvalue weighted by Gasteiger charge is -2.31. The summed E-state index contributed by atoms with van der Waals surface area (Å²) < 4.78 is 0. The number of halogens is 2. The molecule has 1 aliphatic heterocycles. The molecule has 1 saturated heterocycles. The van der Waals surface area contributed by atoms with Gasteiger partial charge in [-0.1, -0.05) is 23.7 Å². The molecule has 1 fully saturated rings. The monoisotopic (exact) mass is 331 g/mol. The fraction of sp³-hybridized carbons (Fsp3) is 0.533. The van der Waals surface area contributed by atoms with Crippen LogP contribution in [0.4, 0.5) is 0 Å². The maximum absolute atomic E-state index is 12.0. The molecule has 6 heteroatoms. The molecular weight excluding hydrogens is 309 g/mol. The number of carbonyl (C=O) groups is 1. The third-order valence-corrected chi connectivity index (χ3v) is 3.89. The molecule has 0 aliphatic carbocycles. The van der Waals surface area contributed by atoms with E-state index >= 15 is 0 Å². The van der Waals surface area contributed by atoms with E-state index in [1.54, 1.807) is 0 Å². The van der Waals surface area contributed by atoms with Crippen LogP contribution in [0.3, 0.4) is 0 Å². The number of rotatable bonds is 5. The molecule has 0 spiro atoms. The van der Waals surface area contributed by atoms with E-state index in [-0.39, 0.29) is 18.3 Å². The minimum Gasteiger partial charge on any atom is -0.351 e. The molecule has 0 saturated carbocycles. The summed E-state index contributed by atoms with van der Waals surface area (Å²) in [6, 6.07) is 8.07. The summed E-state index contributed by atoms with van der Waals surface area (Å²) in [5.74, 6) is 0.0710. The molecule has 4 nitrogen and oxygen atoms in total. The Morgan fingerprint density at radius 3 is 3.00 bits per heavy atom. The van der Waals surface area contributed by atoms with E-state index in [4.69, 9.17) is 11.6 Å². The smallest absolute Gasteiger partial charge is 0.234 e. The molecule has 0 aromatic heterocycles. The van der Waals surface area contributed by atoms with Gasteiger partial charge >= 0.3 is 0 Å². The SMILES string of the molecule is CNC1CCCN(CC(=O)NCc2cccc(Cl)c2)C1.Cl. The summed E-state index contributed by atoms with van der Waals surface area (Å²) in [6.45, 7) is 2.95. The molecule has 1 heterocycles. The van der Waals surface area contributed by atoms with Crippen molar-refractivity contribution in [3.05, 3.63) is 34.9 Å². The van der Waals surface area contributed by atoms with E-state index in [0.29, 0.717) is 24.2 Å². The van der Waals surface area contributed by atoms with Crippen molar-refractivity contribution in [2.75, 3.05) is 26.7 Å². The number of benzene rings is 1. The first-order chi connectivity index (χ1) is 9.67. The molecule has 2 N–H and O–H groups in total. The Morgan fingerprint density at radius 1 is 1.48 bits per heavy atom. The third kappa shape index (κ3) is 6.22. The molecule has 1 unspecified atom stereocenters. The van der Waals surface area contributed by atoms with Crippen LogP contribution in [-0.2, 0) is 11.3 Å². The number of amides is 1. The Balaban J connectivity index is 0.00000220. The van der Waals surface area contributed by atoms with Crippen molar-refractivity contribution in [3.63, 3.8) is 0 Å². The van der Waals surface area contributed by atoms with E-state index in [9.17, 15) is 4.79 Å². The van der Waals surface area contributed by atoms with Crippen molar-refractivity contribution >= 4 is 29.9 Å². The normalized spacial score (nSPS) is 18.9. The van der Waals surface area contributed by atoms with Crippen LogP contribution in [0.15, 0.2) is 24.3 Å². The van der Waals surface area contributed by atoms with Gasteiger partial charge in [0.2, 0.25) is 5.91 Å². The van der Waals surface area contributed by atoms with Crippen LogP contribution in [0.1, 0.15) is 18.4 Å². The number of hydrogen-bond donors (Lipinski definition) is 2. The number of likely N-dealkylation sites (N-methyl/N-ethyl adjacent to an activating group) is 1. The predicted octanol–water partition coefficient (Wildman–Crippen LogP) is 2.06. The quantitative estimate of drug-likeness (QED) is 0.868. The van der Waals surface area contributed by atoms with E-state index < -0.39 is 0 Å². The molecule has 2 rings (SSSR count). The summed E-state index contributed by atoms with van der Waals surface area (Å²) in [6.07, 6.45) is 2.34. The fourth-order valence-electron chi connectivity index (χ4n) is 2.54. The van der Waals surface area contributed by atoms with Crippen molar-refractivity contribution in [2.45, 2.75) is 25.4 Å².